The van der Waals surface area contributed by atoms with E-state index in [-0.39, 0.29) is 0 Å². The molecule has 0 amide bonds. The van der Waals surface area contributed by atoms with Gasteiger partial charge in [-0.2, -0.15) is 5.10 Å². The van der Waals surface area contributed by atoms with E-state index in [1.165, 1.54) is 11.1 Å². The molecule has 2 N–H and O–H groups in total. The Bertz CT molecular complexity index is 1000. The molecule has 0 fully saturated rings. The number of fused-ring (bicyclic) bond motifs is 2. The summed E-state index contributed by atoms with van der Waals surface area (Å²) in [4.78, 5) is 6.71. The molecule has 0 spiro atoms. The van der Waals surface area contributed by atoms with Crippen molar-refractivity contribution in [1.82, 2.24) is 14.8 Å². The first-order chi connectivity index (χ1) is 13.7. The Labute approximate surface area is 164 Å². The van der Waals surface area contributed by atoms with Gasteiger partial charge in [-0.1, -0.05) is 24.3 Å². The Hall–Kier alpha value is -3.12. The van der Waals surface area contributed by atoms with E-state index in [4.69, 9.17) is 0 Å². The summed E-state index contributed by atoms with van der Waals surface area (Å²) in [6, 6.07) is 12.8. The van der Waals surface area contributed by atoms with Gasteiger partial charge < -0.3 is 15.3 Å². The fourth-order valence-electron chi connectivity index (χ4n) is 4.19. The second kappa shape index (κ2) is 6.80. The van der Waals surface area contributed by atoms with Crippen molar-refractivity contribution in [1.29, 1.82) is 0 Å². The van der Waals surface area contributed by atoms with E-state index in [2.05, 4.69) is 46.6 Å². The van der Waals surface area contributed by atoms with Crippen molar-refractivity contribution >= 4 is 17.2 Å². The average Bonchev–Trinajstić information content (AvgIpc) is 3.38. The quantitative estimate of drug-likeness (QED) is 0.735. The molecule has 1 unspecified atom stereocenters. The van der Waals surface area contributed by atoms with Crippen molar-refractivity contribution in [2.45, 2.75) is 31.9 Å². The minimum Gasteiger partial charge on any atom is -0.382 e. The van der Waals surface area contributed by atoms with Gasteiger partial charge in [0.2, 0.25) is 0 Å². The third-order valence-electron chi connectivity index (χ3n) is 5.56. The van der Waals surface area contributed by atoms with Crippen LogP contribution in [0.3, 0.4) is 0 Å². The number of benzene rings is 1. The monoisotopic (exact) mass is 373 g/mol. The van der Waals surface area contributed by atoms with Crippen molar-refractivity contribution in [3.8, 4) is 0 Å². The van der Waals surface area contributed by atoms with Gasteiger partial charge in [-0.15, -0.1) is 0 Å². The number of pyridine rings is 1. The molecule has 142 valence electrons. The molecule has 6 heteroatoms. The molecule has 1 atom stereocenters. The van der Waals surface area contributed by atoms with Crippen LogP contribution in [0.5, 0.6) is 0 Å². The summed E-state index contributed by atoms with van der Waals surface area (Å²) in [5.41, 5.74) is 5.29. The molecule has 5 rings (SSSR count). The first-order valence-electron chi connectivity index (χ1n) is 9.72. The standard InChI is InChI=1S/C22H23N5O/c1-2-26-14-20(27-9-5-8-24-27)21(28)19-12-18(13-23-22(19)26)25-17-10-15-6-3-4-7-16(15)11-17/h3-9,12-14,17,21,25,28H,2,10-11H2,1H3. The lowest BCUT2D eigenvalue weighted by Crippen LogP contribution is -2.27. The van der Waals surface area contributed by atoms with E-state index >= 15 is 0 Å². The maximum atomic E-state index is 11.0. The fraction of sp³-hybridized carbons (Fsp3) is 0.273. The Balaban J connectivity index is 1.43. The van der Waals surface area contributed by atoms with Crippen LogP contribution < -0.4 is 10.2 Å². The molecule has 1 aromatic carbocycles. The topological polar surface area (TPSA) is 66.2 Å². The number of aromatic nitrogens is 3. The van der Waals surface area contributed by atoms with E-state index < -0.39 is 6.10 Å². The summed E-state index contributed by atoms with van der Waals surface area (Å²) in [6.07, 6.45) is 8.60. The minimum absolute atomic E-state index is 0.349. The molecular weight excluding hydrogens is 350 g/mol. The van der Waals surface area contributed by atoms with Gasteiger partial charge in [0.15, 0.2) is 0 Å². The van der Waals surface area contributed by atoms with Gasteiger partial charge in [-0.3, -0.25) is 0 Å². The van der Waals surface area contributed by atoms with Crippen molar-refractivity contribution in [2.24, 2.45) is 0 Å². The number of aliphatic hydroxyl groups is 1. The highest BCUT2D eigenvalue weighted by molar-refractivity contribution is 5.70. The maximum absolute atomic E-state index is 11.0. The zero-order valence-electron chi connectivity index (χ0n) is 15.8. The number of aliphatic hydroxyl groups excluding tert-OH is 1. The minimum atomic E-state index is -0.771. The van der Waals surface area contributed by atoms with Gasteiger partial charge in [0.05, 0.1) is 17.6 Å². The predicted octanol–water partition coefficient (Wildman–Crippen LogP) is 3.23. The summed E-state index contributed by atoms with van der Waals surface area (Å²) in [7, 11) is 0. The van der Waals surface area contributed by atoms with Crippen LogP contribution in [-0.4, -0.2) is 32.5 Å². The zero-order valence-corrected chi connectivity index (χ0v) is 15.8. The Morgan fingerprint density at radius 3 is 2.64 bits per heavy atom. The zero-order chi connectivity index (χ0) is 19.1. The van der Waals surface area contributed by atoms with Crippen molar-refractivity contribution in [2.75, 3.05) is 16.8 Å². The molecule has 1 aliphatic heterocycles. The van der Waals surface area contributed by atoms with Crippen molar-refractivity contribution in [3.05, 3.63) is 77.9 Å². The van der Waals surface area contributed by atoms with Gasteiger partial charge in [0.25, 0.3) is 0 Å². The number of hydrogen-bond donors (Lipinski definition) is 2. The third-order valence-corrected chi connectivity index (χ3v) is 5.56. The van der Waals surface area contributed by atoms with Crippen LogP contribution in [0.25, 0.3) is 5.70 Å². The van der Waals surface area contributed by atoms with Crippen LogP contribution in [0, 0.1) is 0 Å². The van der Waals surface area contributed by atoms with Crippen molar-refractivity contribution in [3.63, 3.8) is 0 Å². The lowest BCUT2D eigenvalue weighted by atomic mass is 10.0. The highest BCUT2D eigenvalue weighted by Crippen LogP contribution is 2.38. The molecule has 2 aliphatic rings. The number of rotatable bonds is 4. The lowest BCUT2D eigenvalue weighted by molar-refractivity contribution is 0.228. The highest BCUT2D eigenvalue weighted by atomic mass is 16.3. The number of hydrogen-bond acceptors (Lipinski definition) is 5. The Kier molecular flexibility index (Phi) is 4.13. The first-order valence-corrected chi connectivity index (χ1v) is 9.72. The molecule has 2 aromatic heterocycles. The van der Waals surface area contributed by atoms with E-state index in [1.54, 1.807) is 10.9 Å². The SMILES string of the molecule is CCN1C=C(n2cccn2)C(O)c2cc(NC3Cc4ccccc4C3)cnc21. The average molecular weight is 373 g/mol. The predicted molar refractivity (Wildman–Crippen MR) is 110 cm³/mol. The van der Waals surface area contributed by atoms with Gasteiger partial charge in [-0.25, -0.2) is 9.67 Å². The highest BCUT2D eigenvalue weighted by Gasteiger charge is 2.29. The summed E-state index contributed by atoms with van der Waals surface area (Å²) < 4.78 is 1.71. The third kappa shape index (κ3) is 2.86. The molecular formula is C22H23N5O. The molecule has 3 aromatic rings. The lowest BCUT2D eigenvalue weighted by Gasteiger charge is -2.31. The fourth-order valence-corrected chi connectivity index (χ4v) is 4.19. The largest absolute Gasteiger partial charge is 0.382 e. The van der Waals surface area contributed by atoms with Crippen LogP contribution in [0.15, 0.2) is 61.2 Å². The molecule has 1 aliphatic carbocycles. The summed E-state index contributed by atoms with van der Waals surface area (Å²) in [6.45, 7) is 2.84. The normalized spacial score (nSPS) is 18.6. The van der Waals surface area contributed by atoms with Crippen LogP contribution in [0.2, 0.25) is 0 Å². The maximum Gasteiger partial charge on any atom is 0.138 e. The summed E-state index contributed by atoms with van der Waals surface area (Å²) in [5, 5.41) is 18.9. The van der Waals surface area contributed by atoms with E-state index in [1.807, 2.05) is 35.6 Å². The second-order valence-corrected chi connectivity index (χ2v) is 7.35. The van der Waals surface area contributed by atoms with Crippen LogP contribution in [-0.2, 0) is 12.8 Å². The first kappa shape index (κ1) is 17.0. The van der Waals surface area contributed by atoms with Crippen LogP contribution in [0.4, 0.5) is 11.5 Å². The number of nitrogens with one attached hydrogen (secondary N) is 1. The van der Waals surface area contributed by atoms with Gasteiger partial charge in [0.1, 0.15) is 11.9 Å². The van der Waals surface area contributed by atoms with E-state index in [0.717, 1.165) is 42.2 Å². The van der Waals surface area contributed by atoms with E-state index in [0.29, 0.717) is 6.04 Å². The van der Waals surface area contributed by atoms with Crippen molar-refractivity contribution < 1.29 is 5.11 Å². The summed E-state index contributed by atoms with van der Waals surface area (Å²) >= 11 is 0. The van der Waals surface area contributed by atoms with Crippen LogP contribution >= 0.6 is 0 Å². The number of nitrogens with zero attached hydrogens (tertiary/aromatic N) is 4. The Morgan fingerprint density at radius 1 is 1.18 bits per heavy atom. The van der Waals surface area contributed by atoms with Gasteiger partial charge in [-0.05, 0) is 43.0 Å². The second-order valence-electron chi connectivity index (χ2n) is 7.35. The molecule has 0 bridgehead atoms. The molecule has 3 heterocycles. The van der Waals surface area contributed by atoms with Gasteiger partial charge >= 0.3 is 0 Å². The molecule has 6 nitrogen and oxygen atoms in total. The Morgan fingerprint density at radius 2 is 1.96 bits per heavy atom. The molecule has 28 heavy (non-hydrogen) atoms. The summed E-state index contributed by atoms with van der Waals surface area (Å²) in [5.74, 6) is 0.797. The van der Waals surface area contributed by atoms with Gasteiger partial charge in [0, 0.05) is 36.7 Å². The molecule has 0 saturated carbocycles. The van der Waals surface area contributed by atoms with E-state index in [9.17, 15) is 5.11 Å². The van der Waals surface area contributed by atoms with Crippen LogP contribution in [0.1, 0.15) is 29.7 Å². The molecule has 0 saturated heterocycles. The smallest absolute Gasteiger partial charge is 0.138 e. The number of anilines is 2. The molecule has 0 radical (unpaired) electrons.